The fourth-order valence-electron chi connectivity index (χ4n) is 2.49. The molecule has 6 nitrogen and oxygen atoms in total. The Morgan fingerprint density at radius 1 is 0.897 bits per heavy atom. The van der Waals surface area contributed by atoms with Crippen LogP contribution >= 0.6 is 23.2 Å². The van der Waals surface area contributed by atoms with Crippen molar-refractivity contribution < 1.29 is 19.5 Å². The third kappa shape index (κ3) is 5.47. The first kappa shape index (κ1) is 22.2. The van der Waals surface area contributed by atoms with Crippen LogP contribution in [0, 0.1) is 13.8 Å². The molecule has 29 heavy (non-hydrogen) atoms. The number of carboxylic acids is 1. The van der Waals surface area contributed by atoms with Crippen LogP contribution in [0.25, 0.3) is 11.3 Å². The SMILES string of the molecule is Cc1cc(C=O)c(Cl)nc1-c1ccccc1.Cc1cc(C=O)c(Cl)nc1C(=O)O. The van der Waals surface area contributed by atoms with Gasteiger partial charge in [-0.25, -0.2) is 14.8 Å². The van der Waals surface area contributed by atoms with Crippen molar-refractivity contribution in [1.82, 2.24) is 9.97 Å². The zero-order valence-electron chi connectivity index (χ0n) is 15.5. The number of carboxylic acid groups (broad SMARTS) is 1. The Kier molecular flexibility index (Phi) is 7.59. The number of pyridine rings is 2. The number of aryl methyl sites for hydroxylation is 2. The Morgan fingerprint density at radius 3 is 1.93 bits per heavy atom. The van der Waals surface area contributed by atoms with Gasteiger partial charge in [0.25, 0.3) is 0 Å². The van der Waals surface area contributed by atoms with E-state index in [1.807, 2.05) is 37.3 Å². The summed E-state index contributed by atoms with van der Waals surface area (Å²) in [6, 6.07) is 12.9. The lowest BCUT2D eigenvalue weighted by atomic mass is 10.1. The van der Waals surface area contributed by atoms with Crippen LogP contribution in [-0.2, 0) is 0 Å². The predicted octanol–water partition coefficient (Wildman–Crippen LogP) is 5.08. The van der Waals surface area contributed by atoms with Crippen molar-refractivity contribution in [3.63, 3.8) is 0 Å². The first-order valence-electron chi connectivity index (χ1n) is 8.31. The number of carbonyl (C=O) groups excluding carboxylic acids is 2. The van der Waals surface area contributed by atoms with Crippen LogP contribution in [0.15, 0.2) is 42.5 Å². The van der Waals surface area contributed by atoms with E-state index in [9.17, 15) is 14.4 Å². The Labute approximate surface area is 177 Å². The van der Waals surface area contributed by atoms with E-state index in [-0.39, 0.29) is 21.6 Å². The highest BCUT2D eigenvalue weighted by Gasteiger charge is 2.12. The summed E-state index contributed by atoms with van der Waals surface area (Å²) in [6.45, 7) is 3.47. The van der Waals surface area contributed by atoms with Crippen LogP contribution in [0.1, 0.15) is 42.3 Å². The van der Waals surface area contributed by atoms with Gasteiger partial charge in [0.05, 0.1) is 16.8 Å². The van der Waals surface area contributed by atoms with E-state index < -0.39 is 5.97 Å². The van der Waals surface area contributed by atoms with E-state index in [0.29, 0.717) is 17.4 Å². The molecule has 0 unspecified atom stereocenters. The molecule has 0 amide bonds. The second kappa shape index (κ2) is 9.91. The van der Waals surface area contributed by atoms with Crippen molar-refractivity contribution in [2.75, 3.05) is 0 Å². The number of benzene rings is 1. The quantitative estimate of drug-likeness (QED) is 0.457. The normalized spacial score (nSPS) is 9.93. The van der Waals surface area contributed by atoms with Crippen LogP contribution in [0.2, 0.25) is 10.3 Å². The predicted molar refractivity (Wildman–Crippen MR) is 111 cm³/mol. The van der Waals surface area contributed by atoms with Crippen LogP contribution in [-0.4, -0.2) is 33.6 Å². The van der Waals surface area contributed by atoms with Crippen LogP contribution in [0.4, 0.5) is 0 Å². The zero-order chi connectivity index (χ0) is 21.6. The molecule has 0 atom stereocenters. The second-order valence-electron chi connectivity index (χ2n) is 5.97. The largest absolute Gasteiger partial charge is 0.477 e. The number of nitrogens with zero attached hydrogens (tertiary/aromatic N) is 2. The van der Waals surface area contributed by atoms with Gasteiger partial charge in [0.15, 0.2) is 18.3 Å². The van der Waals surface area contributed by atoms with Gasteiger partial charge in [0.1, 0.15) is 10.3 Å². The fourth-order valence-corrected chi connectivity index (χ4v) is 2.86. The second-order valence-corrected chi connectivity index (χ2v) is 6.69. The van der Waals surface area contributed by atoms with Gasteiger partial charge in [-0.15, -0.1) is 0 Å². The molecule has 1 N–H and O–H groups in total. The highest BCUT2D eigenvalue weighted by Crippen LogP contribution is 2.24. The number of aldehydes is 2. The smallest absolute Gasteiger partial charge is 0.354 e. The van der Waals surface area contributed by atoms with E-state index in [1.165, 1.54) is 6.07 Å². The first-order valence-corrected chi connectivity index (χ1v) is 9.07. The molecule has 8 heteroatoms. The molecule has 0 aliphatic carbocycles. The van der Waals surface area contributed by atoms with Gasteiger partial charge in [-0.05, 0) is 37.1 Å². The topological polar surface area (TPSA) is 97.2 Å². The molecule has 0 fully saturated rings. The fraction of sp³-hybridized carbons (Fsp3) is 0.0952. The Bertz CT molecular complexity index is 1070. The summed E-state index contributed by atoms with van der Waals surface area (Å²) in [5, 5.41) is 8.81. The summed E-state index contributed by atoms with van der Waals surface area (Å²) in [5.41, 5.74) is 3.67. The lowest BCUT2D eigenvalue weighted by Gasteiger charge is -2.06. The Morgan fingerprint density at radius 2 is 1.41 bits per heavy atom. The summed E-state index contributed by atoms with van der Waals surface area (Å²) >= 11 is 11.4. The van der Waals surface area contributed by atoms with Crippen molar-refractivity contribution in [2.45, 2.75) is 13.8 Å². The minimum Gasteiger partial charge on any atom is -0.477 e. The first-order chi connectivity index (χ1) is 13.8. The molecule has 148 valence electrons. The van der Waals surface area contributed by atoms with E-state index in [2.05, 4.69) is 9.97 Å². The number of aromatic carboxylic acids is 1. The van der Waals surface area contributed by atoms with Gasteiger partial charge < -0.3 is 5.11 Å². The molecule has 3 rings (SSSR count). The molecular weight excluding hydrogens is 415 g/mol. The molecule has 0 radical (unpaired) electrons. The minimum atomic E-state index is -1.16. The van der Waals surface area contributed by atoms with Crippen molar-refractivity contribution in [1.29, 1.82) is 0 Å². The average Bonchev–Trinajstić information content (AvgIpc) is 2.71. The molecule has 0 saturated heterocycles. The number of rotatable bonds is 4. The molecule has 0 spiro atoms. The van der Waals surface area contributed by atoms with Crippen molar-refractivity contribution >= 4 is 41.7 Å². The summed E-state index contributed by atoms with van der Waals surface area (Å²) in [4.78, 5) is 39.5. The maximum Gasteiger partial charge on any atom is 0.354 e. The van der Waals surface area contributed by atoms with Gasteiger partial charge in [-0.1, -0.05) is 53.5 Å². The molecule has 2 heterocycles. The van der Waals surface area contributed by atoms with Gasteiger partial charge in [0.2, 0.25) is 0 Å². The van der Waals surface area contributed by atoms with Crippen molar-refractivity contribution in [3.05, 3.63) is 80.7 Å². The maximum absolute atomic E-state index is 10.7. The van der Waals surface area contributed by atoms with E-state index >= 15 is 0 Å². The van der Waals surface area contributed by atoms with Gasteiger partial charge in [-0.2, -0.15) is 0 Å². The third-order valence-electron chi connectivity index (χ3n) is 3.89. The molecular formula is C21H16Cl2N2O4. The summed E-state index contributed by atoms with van der Waals surface area (Å²) in [5.74, 6) is -1.16. The van der Waals surface area contributed by atoms with E-state index in [0.717, 1.165) is 23.1 Å². The lowest BCUT2D eigenvalue weighted by molar-refractivity contribution is 0.0689. The van der Waals surface area contributed by atoms with Gasteiger partial charge in [0, 0.05) is 5.56 Å². The molecule has 3 aromatic rings. The van der Waals surface area contributed by atoms with E-state index in [1.54, 1.807) is 13.0 Å². The summed E-state index contributed by atoms with van der Waals surface area (Å²) in [6.07, 6.45) is 1.26. The number of hydrogen-bond acceptors (Lipinski definition) is 5. The third-order valence-corrected chi connectivity index (χ3v) is 4.50. The highest BCUT2D eigenvalue weighted by molar-refractivity contribution is 6.32. The average molecular weight is 431 g/mol. The maximum atomic E-state index is 10.7. The summed E-state index contributed by atoms with van der Waals surface area (Å²) in [7, 11) is 0. The molecule has 2 aromatic heterocycles. The number of hydrogen-bond donors (Lipinski definition) is 1. The Hall–Kier alpha value is -3.09. The molecule has 0 saturated carbocycles. The van der Waals surface area contributed by atoms with Crippen LogP contribution < -0.4 is 0 Å². The molecule has 0 aliphatic heterocycles. The van der Waals surface area contributed by atoms with Gasteiger partial charge >= 0.3 is 5.97 Å². The zero-order valence-corrected chi connectivity index (χ0v) is 17.0. The summed E-state index contributed by atoms with van der Waals surface area (Å²) < 4.78 is 0. The lowest BCUT2D eigenvalue weighted by Crippen LogP contribution is -2.05. The van der Waals surface area contributed by atoms with Crippen molar-refractivity contribution in [2.24, 2.45) is 0 Å². The standard InChI is InChI=1S/C13H10ClNO.C8H6ClNO3/c1-9-7-11(8-16)13(14)15-12(9)10-5-3-2-4-6-10;1-4-2-5(3-11)7(9)10-6(4)8(12)13/h2-8H,1H3;2-3H,1H3,(H,12,13). The van der Waals surface area contributed by atoms with Gasteiger partial charge in [-0.3, -0.25) is 9.59 Å². The molecule has 0 bridgehead atoms. The molecule has 1 aromatic carbocycles. The van der Waals surface area contributed by atoms with Crippen LogP contribution in [0.3, 0.4) is 0 Å². The number of halogens is 2. The number of aromatic nitrogens is 2. The Balaban J connectivity index is 0.000000212. The minimum absolute atomic E-state index is 0.0852. The van der Waals surface area contributed by atoms with Crippen LogP contribution in [0.5, 0.6) is 0 Å². The monoisotopic (exact) mass is 430 g/mol. The molecule has 0 aliphatic rings. The van der Waals surface area contributed by atoms with Crippen molar-refractivity contribution in [3.8, 4) is 11.3 Å². The highest BCUT2D eigenvalue weighted by atomic mass is 35.5. The number of carbonyl (C=O) groups is 3. The van der Waals surface area contributed by atoms with E-state index in [4.69, 9.17) is 28.3 Å².